The second kappa shape index (κ2) is 5.53. The van der Waals surface area contributed by atoms with Crippen LogP contribution in [0, 0.1) is 0 Å². The lowest BCUT2D eigenvalue weighted by atomic mass is 9.98. The first kappa shape index (κ1) is 13.0. The molecule has 0 saturated carbocycles. The molecule has 0 spiro atoms. The topological polar surface area (TPSA) is 21.3 Å². The maximum atomic E-state index is 14.8. The zero-order chi connectivity index (χ0) is 13.9. The molecule has 2 aromatic rings. The highest BCUT2D eigenvalue weighted by Gasteiger charge is 2.21. The number of alkyl halides is 1. The molecule has 0 amide bonds. The molecule has 1 aliphatic heterocycles. The van der Waals surface area contributed by atoms with Crippen molar-refractivity contribution in [1.29, 1.82) is 0 Å². The Bertz CT molecular complexity index is 612. The average molecular weight is 271 g/mol. The van der Waals surface area contributed by atoms with Crippen molar-refractivity contribution in [3.63, 3.8) is 0 Å². The Morgan fingerprint density at radius 1 is 1.25 bits per heavy atom. The van der Waals surface area contributed by atoms with Crippen LogP contribution in [-0.2, 0) is 6.42 Å². The summed E-state index contributed by atoms with van der Waals surface area (Å²) in [6.45, 7) is 3.40. The van der Waals surface area contributed by atoms with Crippen molar-refractivity contribution >= 4 is 5.69 Å². The summed E-state index contributed by atoms with van der Waals surface area (Å²) >= 11 is 0. The summed E-state index contributed by atoms with van der Waals surface area (Å²) < 4.78 is 20.3. The Labute approximate surface area is 118 Å². The van der Waals surface area contributed by atoms with Crippen molar-refractivity contribution in [2.45, 2.75) is 19.5 Å². The van der Waals surface area contributed by atoms with Gasteiger partial charge in [0.05, 0.1) is 6.61 Å². The third kappa shape index (κ3) is 2.36. The van der Waals surface area contributed by atoms with Gasteiger partial charge in [-0.2, -0.15) is 0 Å². The Hall–Kier alpha value is -2.03. The predicted molar refractivity (Wildman–Crippen MR) is 79.2 cm³/mol. The van der Waals surface area contributed by atoms with Gasteiger partial charge in [0.25, 0.3) is 0 Å². The van der Waals surface area contributed by atoms with Crippen LogP contribution < -0.4 is 10.1 Å². The second-order valence-corrected chi connectivity index (χ2v) is 4.93. The molecule has 3 heteroatoms. The van der Waals surface area contributed by atoms with Gasteiger partial charge in [0, 0.05) is 17.8 Å². The highest BCUT2D eigenvalue weighted by Crippen LogP contribution is 2.36. The van der Waals surface area contributed by atoms with E-state index in [1.165, 1.54) is 5.56 Å². The molecular weight excluding hydrogens is 253 g/mol. The summed E-state index contributed by atoms with van der Waals surface area (Å²) in [7, 11) is 0. The van der Waals surface area contributed by atoms with Crippen LogP contribution >= 0.6 is 0 Å². The van der Waals surface area contributed by atoms with Crippen LogP contribution in [0.5, 0.6) is 5.75 Å². The van der Waals surface area contributed by atoms with Gasteiger partial charge >= 0.3 is 0 Å². The maximum Gasteiger partial charge on any atom is 0.152 e. The molecule has 20 heavy (non-hydrogen) atoms. The van der Waals surface area contributed by atoms with Crippen molar-refractivity contribution < 1.29 is 9.13 Å². The number of para-hydroxylation sites is 1. The van der Waals surface area contributed by atoms with Gasteiger partial charge in [0.2, 0.25) is 0 Å². The number of nitrogens with one attached hydrogen (secondary N) is 1. The molecule has 1 atom stereocenters. The molecule has 0 fully saturated rings. The fourth-order valence-corrected chi connectivity index (χ4v) is 2.69. The maximum absolute atomic E-state index is 14.8. The highest BCUT2D eigenvalue weighted by atomic mass is 19.1. The third-order valence-electron chi connectivity index (χ3n) is 3.61. The van der Waals surface area contributed by atoms with Crippen LogP contribution in [-0.4, -0.2) is 13.2 Å². The predicted octanol–water partition coefficient (Wildman–Crippen LogP) is 4.11. The van der Waals surface area contributed by atoms with E-state index in [9.17, 15) is 4.39 Å². The fraction of sp³-hybridized carbons (Fsp3) is 0.294. The lowest BCUT2D eigenvalue weighted by Crippen LogP contribution is -2.01. The zero-order valence-electron chi connectivity index (χ0n) is 11.5. The normalized spacial score (nSPS) is 14.5. The van der Waals surface area contributed by atoms with Crippen molar-refractivity contribution in [1.82, 2.24) is 0 Å². The van der Waals surface area contributed by atoms with E-state index < -0.39 is 6.17 Å². The SMILES string of the molecule is CCOc1cccc(C(F)c2cccc3c2NCC3)c1. The van der Waals surface area contributed by atoms with E-state index in [2.05, 4.69) is 11.4 Å². The van der Waals surface area contributed by atoms with Gasteiger partial charge in [-0.1, -0.05) is 30.3 Å². The van der Waals surface area contributed by atoms with E-state index in [0.717, 1.165) is 18.7 Å². The molecule has 0 bridgehead atoms. The number of rotatable bonds is 4. The van der Waals surface area contributed by atoms with Crippen LogP contribution in [0.2, 0.25) is 0 Å². The van der Waals surface area contributed by atoms with Crippen LogP contribution in [0.1, 0.15) is 29.8 Å². The monoisotopic (exact) mass is 271 g/mol. The molecule has 1 N–H and O–H groups in total. The first-order chi connectivity index (χ1) is 9.79. The highest BCUT2D eigenvalue weighted by molar-refractivity contribution is 5.63. The number of halogens is 1. The van der Waals surface area contributed by atoms with Gasteiger partial charge in [-0.15, -0.1) is 0 Å². The van der Waals surface area contributed by atoms with Gasteiger partial charge in [-0.05, 0) is 36.6 Å². The van der Waals surface area contributed by atoms with Gasteiger partial charge in [-0.25, -0.2) is 4.39 Å². The summed E-state index contributed by atoms with van der Waals surface area (Å²) in [5, 5.41) is 3.29. The quantitative estimate of drug-likeness (QED) is 0.903. The summed E-state index contributed by atoms with van der Waals surface area (Å²) in [6.07, 6.45) is -0.162. The molecule has 104 valence electrons. The first-order valence-electron chi connectivity index (χ1n) is 7.02. The molecule has 2 aromatic carbocycles. The summed E-state index contributed by atoms with van der Waals surface area (Å²) in [5.74, 6) is 0.716. The molecule has 2 nitrogen and oxygen atoms in total. The standard InChI is InChI=1S/C17H18FNO/c1-2-20-14-7-3-6-13(11-14)16(18)15-8-4-5-12-9-10-19-17(12)15/h3-8,11,16,19H,2,9-10H2,1H3. The summed E-state index contributed by atoms with van der Waals surface area (Å²) in [6, 6.07) is 13.1. The number of fused-ring (bicyclic) bond motifs is 1. The Morgan fingerprint density at radius 3 is 2.95 bits per heavy atom. The fourth-order valence-electron chi connectivity index (χ4n) is 2.69. The van der Waals surface area contributed by atoms with Crippen LogP contribution in [0.15, 0.2) is 42.5 Å². The molecule has 0 aliphatic carbocycles. The van der Waals surface area contributed by atoms with Crippen molar-refractivity contribution in [2.24, 2.45) is 0 Å². The van der Waals surface area contributed by atoms with Gasteiger partial charge in [-0.3, -0.25) is 0 Å². The molecule has 0 saturated heterocycles. The molecule has 0 aromatic heterocycles. The van der Waals surface area contributed by atoms with Crippen molar-refractivity contribution in [2.75, 3.05) is 18.5 Å². The van der Waals surface area contributed by atoms with Gasteiger partial charge < -0.3 is 10.1 Å². The van der Waals surface area contributed by atoms with E-state index in [0.29, 0.717) is 23.5 Å². The Morgan fingerprint density at radius 2 is 2.10 bits per heavy atom. The molecular formula is C17H18FNO. The number of hydrogen-bond acceptors (Lipinski definition) is 2. The van der Waals surface area contributed by atoms with E-state index in [1.807, 2.05) is 37.3 Å². The van der Waals surface area contributed by atoms with E-state index in [1.54, 1.807) is 6.07 Å². The van der Waals surface area contributed by atoms with Gasteiger partial charge in [0.1, 0.15) is 5.75 Å². The zero-order valence-corrected chi connectivity index (χ0v) is 11.5. The lowest BCUT2D eigenvalue weighted by Gasteiger charge is -2.14. The lowest BCUT2D eigenvalue weighted by molar-refractivity contribution is 0.337. The van der Waals surface area contributed by atoms with Crippen LogP contribution in [0.25, 0.3) is 0 Å². The van der Waals surface area contributed by atoms with Crippen LogP contribution in [0.4, 0.5) is 10.1 Å². The Balaban J connectivity index is 1.95. The van der Waals surface area contributed by atoms with Crippen molar-refractivity contribution in [3.8, 4) is 5.75 Å². The average Bonchev–Trinajstić information content (AvgIpc) is 2.95. The van der Waals surface area contributed by atoms with E-state index >= 15 is 0 Å². The molecule has 1 heterocycles. The number of ether oxygens (including phenoxy) is 1. The molecule has 3 rings (SSSR count). The summed E-state index contributed by atoms with van der Waals surface area (Å²) in [5.41, 5.74) is 3.51. The minimum Gasteiger partial charge on any atom is -0.494 e. The minimum atomic E-state index is -1.13. The van der Waals surface area contributed by atoms with E-state index in [-0.39, 0.29) is 0 Å². The number of anilines is 1. The number of benzene rings is 2. The number of hydrogen-bond donors (Lipinski definition) is 1. The second-order valence-electron chi connectivity index (χ2n) is 4.93. The molecule has 1 aliphatic rings. The minimum absolute atomic E-state index is 0.586. The summed E-state index contributed by atoms with van der Waals surface area (Å²) in [4.78, 5) is 0. The first-order valence-corrected chi connectivity index (χ1v) is 7.02. The van der Waals surface area contributed by atoms with Crippen molar-refractivity contribution in [3.05, 3.63) is 59.2 Å². The Kier molecular flexibility index (Phi) is 3.59. The molecule has 1 unspecified atom stereocenters. The van der Waals surface area contributed by atoms with E-state index in [4.69, 9.17) is 4.74 Å². The third-order valence-corrected chi connectivity index (χ3v) is 3.61. The van der Waals surface area contributed by atoms with Gasteiger partial charge in [0.15, 0.2) is 6.17 Å². The molecule has 0 radical (unpaired) electrons. The smallest absolute Gasteiger partial charge is 0.152 e. The largest absolute Gasteiger partial charge is 0.494 e. The van der Waals surface area contributed by atoms with Crippen LogP contribution in [0.3, 0.4) is 0 Å².